The second-order valence-corrected chi connectivity index (χ2v) is 4.96. The molecule has 0 spiro atoms. The number of benzene rings is 1. The summed E-state index contributed by atoms with van der Waals surface area (Å²) in [5.74, 6) is -0.397. The van der Waals surface area contributed by atoms with Gasteiger partial charge in [-0.3, -0.25) is 4.79 Å². The van der Waals surface area contributed by atoms with Gasteiger partial charge in [0.2, 0.25) is 5.91 Å². The number of carbonyl (C=O) groups is 1. The zero-order valence-corrected chi connectivity index (χ0v) is 13.2. The van der Waals surface area contributed by atoms with Crippen LogP contribution in [0.2, 0.25) is 0 Å². The third-order valence-electron chi connectivity index (χ3n) is 2.79. The number of nitrogens with two attached hydrogens (primary N) is 1. The highest BCUT2D eigenvalue weighted by atomic mass is 35.5. The van der Waals surface area contributed by atoms with Gasteiger partial charge in [0.1, 0.15) is 5.75 Å². The highest BCUT2D eigenvalue weighted by Gasteiger charge is 2.31. The van der Waals surface area contributed by atoms with E-state index in [9.17, 15) is 18.0 Å². The first-order valence-corrected chi connectivity index (χ1v) is 6.51. The van der Waals surface area contributed by atoms with Crippen molar-refractivity contribution >= 4 is 18.3 Å². The number of nitrogens with zero attached hydrogens (tertiary/aromatic N) is 1. The molecule has 0 aromatic heterocycles. The van der Waals surface area contributed by atoms with Crippen LogP contribution in [0.5, 0.6) is 5.75 Å². The molecule has 0 saturated carbocycles. The smallest absolute Gasteiger partial charge is 0.406 e. The maximum Gasteiger partial charge on any atom is 0.573 e. The van der Waals surface area contributed by atoms with Gasteiger partial charge in [-0.25, -0.2) is 0 Å². The molecule has 1 aromatic rings. The highest BCUT2D eigenvalue weighted by Crippen LogP contribution is 2.23. The van der Waals surface area contributed by atoms with E-state index >= 15 is 0 Å². The summed E-state index contributed by atoms with van der Waals surface area (Å²) >= 11 is 0. The first-order valence-electron chi connectivity index (χ1n) is 6.51. The van der Waals surface area contributed by atoms with Crippen molar-refractivity contribution in [2.75, 3.05) is 7.05 Å². The van der Waals surface area contributed by atoms with E-state index in [1.54, 1.807) is 13.1 Å². The van der Waals surface area contributed by atoms with E-state index in [1.165, 1.54) is 23.1 Å². The van der Waals surface area contributed by atoms with Crippen LogP contribution in [-0.4, -0.2) is 30.3 Å². The Bertz CT molecular complexity index is 481. The molecule has 0 aliphatic rings. The Kier molecular flexibility index (Phi) is 8.26. The number of halogens is 4. The standard InChI is InChI=1S/C14H19F3N2O2.ClH/c1-10(18)6-7-13(20)19(2)9-11-4-3-5-12(8-11)21-14(15,16)17;/h3-5,8,10H,6-7,9,18H2,1-2H3;1H. The predicted octanol–water partition coefficient (Wildman–Crippen LogP) is 3.09. The van der Waals surface area contributed by atoms with Crippen molar-refractivity contribution in [1.82, 2.24) is 4.90 Å². The molecule has 4 nitrogen and oxygen atoms in total. The molecule has 1 aromatic carbocycles. The largest absolute Gasteiger partial charge is 0.573 e. The number of amides is 1. The minimum Gasteiger partial charge on any atom is -0.406 e. The average Bonchev–Trinajstić information content (AvgIpc) is 2.34. The maximum atomic E-state index is 12.1. The maximum absolute atomic E-state index is 12.1. The molecule has 1 rings (SSSR count). The van der Waals surface area contributed by atoms with Gasteiger partial charge >= 0.3 is 6.36 Å². The number of ether oxygens (including phenoxy) is 1. The molecular weight excluding hydrogens is 321 g/mol. The second-order valence-electron chi connectivity index (χ2n) is 4.96. The molecule has 1 amide bonds. The third kappa shape index (κ3) is 8.09. The fourth-order valence-electron chi connectivity index (χ4n) is 1.75. The molecular formula is C14H20ClF3N2O2. The molecule has 0 heterocycles. The van der Waals surface area contributed by atoms with Crippen LogP contribution < -0.4 is 10.5 Å². The number of alkyl halides is 3. The molecule has 0 aliphatic carbocycles. The van der Waals surface area contributed by atoms with Gasteiger partial charge in [-0.2, -0.15) is 0 Å². The lowest BCUT2D eigenvalue weighted by Crippen LogP contribution is -2.28. The Labute approximate surface area is 133 Å². The fourth-order valence-corrected chi connectivity index (χ4v) is 1.75. The monoisotopic (exact) mass is 340 g/mol. The number of hydrogen-bond acceptors (Lipinski definition) is 3. The van der Waals surface area contributed by atoms with Crippen molar-refractivity contribution in [1.29, 1.82) is 0 Å². The van der Waals surface area contributed by atoms with Gasteiger partial charge in [0.25, 0.3) is 0 Å². The molecule has 0 radical (unpaired) electrons. The van der Waals surface area contributed by atoms with Gasteiger partial charge < -0.3 is 15.4 Å². The lowest BCUT2D eigenvalue weighted by atomic mass is 10.1. The fraction of sp³-hybridized carbons (Fsp3) is 0.500. The van der Waals surface area contributed by atoms with Gasteiger partial charge in [-0.1, -0.05) is 12.1 Å². The normalized spacial score (nSPS) is 12.3. The van der Waals surface area contributed by atoms with Crippen LogP contribution in [0.3, 0.4) is 0 Å². The molecule has 0 aliphatic heterocycles. The SMILES string of the molecule is CC(N)CCC(=O)N(C)Cc1cccc(OC(F)(F)F)c1.Cl. The predicted molar refractivity (Wildman–Crippen MR) is 79.7 cm³/mol. The topological polar surface area (TPSA) is 55.6 Å². The van der Waals surface area contributed by atoms with Crippen LogP contribution in [-0.2, 0) is 11.3 Å². The van der Waals surface area contributed by atoms with Gasteiger partial charge in [0.05, 0.1) is 0 Å². The van der Waals surface area contributed by atoms with Crippen molar-refractivity contribution in [2.24, 2.45) is 5.73 Å². The summed E-state index contributed by atoms with van der Waals surface area (Å²) in [6.07, 6.45) is -3.84. The van der Waals surface area contributed by atoms with E-state index in [1.807, 2.05) is 6.92 Å². The summed E-state index contributed by atoms with van der Waals surface area (Å²) in [7, 11) is 1.60. The Morgan fingerprint density at radius 1 is 1.41 bits per heavy atom. The Hall–Kier alpha value is -1.47. The van der Waals surface area contributed by atoms with E-state index < -0.39 is 6.36 Å². The molecule has 1 unspecified atom stereocenters. The minimum atomic E-state index is -4.72. The van der Waals surface area contributed by atoms with Crippen molar-refractivity contribution < 1.29 is 22.7 Å². The van der Waals surface area contributed by atoms with Crippen molar-refractivity contribution in [3.8, 4) is 5.75 Å². The summed E-state index contributed by atoms with van der Waals surface area (Å²) in [5, 5.41) is 0. The first kappa shape index (κ1) is 20.5. The molecule has 2 N–H and O–H groups in total. The van der Waals surface area contributed by atoms with Gasteiger partial charge in [0.15, 0.2) is 0 Å². The van der Waals surface area contributed by atoms with Crippen LogP contribution in [0.25, 0.3) is 0 Å². The van der Waals surface area contributed by atoms with Crippen LogP contribution in [0.4, 0.5) is 13.2 Å². The zero-order valence-electron chi connectivity index (χ0n) is 12.4. The van der Waals surface area contributed by atoms with E-state index in [4.69, 9.17) is 5.73 Å². The average molecular weight is 341 g/mol. The number of rotatable bonds is 6. The molecule has 1 atom stereocenters. The summed E-state index contributed by atoms with van der Waals surface area (Å²) in [5.41, 5.74) is 6.14. The van der Waals surface area contributed by atoms with Crippen LogP contribution in [0, 0.1) is 0 Å². The molecule has 0 bridgehead atoms. The number of carbonyl (C=O) groups excluding carboxylic acids is 1. The molecule has 0 saturated heterocycles. The molecule has 22 heavy (non-hydrogen) atoms. The quantitative estimate of drug-likeness (QED) is 0.865. The molecule has 0 fully saturated rings. The summed E-state index contributed by atoms with van der Waals surface area (Å²) in [6.45, 7) is 2.03. The van der Waals surface area contributed by atoms with E-state index in [0.29, 0.717) is 18.4 Å². The van der Waals surface area contributed by atoms with Crippen LogP contribution in [0.1, 0.15) is 25.3 Å². The third-order valence-corrected chi connectivity index (χ3v) is 2.79. The minimum absolute atomic E-state index is 0. The second kappa shape index (κ2) is 8.85. The van der Waals surface area contributed by atoms with E-state index in [0.717, 1.165) is 0 Å². The highest BCUT2D eigenvalue weighted by molar-refractivity contribution is 5.85. The Morgan fingerprint density at radius 3 is 2.59 bits per heavy atom. The molecule has 126 valence electrons. The summed E-state index contributed by atoms with van der Waals surface area (Å²) in [6, 6.07) is 5.51. The van der Waals surface area contributed by atoms with Gasteiger partial charge in [-0.15, -0.1) is 25.6 Å². The van der Waals surface area contributed by atoms with Crippen molar-refractivity contribution in [3.05, 3.63) is 29.8 Å². The van der Waals surface area contributed by atoms with Gasteiger partial charge in [-0.05, 0) is 31.0 Å². The van der Waals surface area contributed by atoms with Gasteiger partial charge in [0, 0.05) is 26.1 Å². The van der Waals surface area contributed by atoms with Crippen molar-refractivity contribution in [2.45, 2.75) is 38.7 Å². The Morgan fingerprint density at radius 2 is 2.05 bits per heavy atom. The first-order chi connectivity index (χ1) is 9.67. The van der Waals surface area contributed by atoms with E-state index in [2.05, 4.69) is 4.74 Å². The van der Waals surface area contributed by atoms with Crippen LogP contribution in [0.15, 0.2) is 24.3 Å². The van der Waals surface area contributed by atoms with E-state index in [-0.39, 0.29) is 36.7 Å². The Balaban J connectivity index is 0.00000441. The van der Waals surface area contributed by atoms with Crippen LogP contribution >= 0.6 is 12.4 Å². The summed E-state index contributed by atoms with van der Waals surface area (Å²) < 4.78 is 40.3. The number of hydrogen-bond donors (Lipinski definition) is 1. The lowest BCUT2D eigenvalue weighted by molar-refractivity contribution is -0.274. The van der Waals surface area contributed by atoms with Crippen molar-refractivity contribution in [3.63, 3.8) is 0 Å². The lowest BCUT2D eigenvalue weighted by Gasteiger charge is -2.18. The summed E-state index contributed by atoms with van der Waals surface area (Å²) in [4.78, 5) is 13.3. The molecule has 8 heteroatoms. The zero-order chi connectivity index (χ0) is 16.0.